The van der Waals surface area contributed by atoms with Crippen LogP contribution in [0.1, 0.15) is 37.8 Å². The average molecular weight is 330 g/mol. The molecule has 0 aromatic heterocycles. The van der Waals surface area contributed by atoms with E-state index in [2.05, 4.69) is 10.3 Å². The van der Waals surface area contributed by atoms with Crippen molar-refractivity contribution < 1.29 is 4.74 Å². The highest BCUT2D eigenvalue weighted by molar-refractivity contribution is 6.35. The van der Waals surface area contributed by atoms with Crippen LogP contribution in [0.15, 0.2) is 23.2 Å². The van der Waals surface area contributed by atoms with Crippen molar-refractivity contribution in [3.05, 3.63) is 33.8 Å². The van der Waals surface area contributed by atoms with Crippen LogP contribution in [0.5, 0.6) is 0 Å². The Morgan fingerprint density at radius 2 is 2.19 bits per heavy atom. The van der Waals surface area contributed by atoms with Crippen LogP contribution in [0.3, 0.4) is 0 Å². The van der Waals surface area contributed by atoms with Gasteiger partial charge < -0.3 is 15.8 Å². The number of nitrogens with one attached hydrogen (secondary N) is 1. The topological polar surface area (TPSA) is 59.6 Å². The quantitative estimate of drug-likeness (QED) is 0.641. The first kappa shape index (κ1) is 16.4. The summed E-state index contributed by atoms with van der Waals surface area (Å²) in [6, 6.07) is 5.37. The van der Waals surface area contributed by atoms with Gasteiger partial charge in [0.15, 0.2) is 5.96 Å². The summed E-state index contributed by atoms with van der Waals surface area (Å²) >= 11 is 12.1. The summed E-state index contributed by atoms with van der Waals surface area (Å²) in [6.07, 6.45) is 3.27. The van der Waals surface area contributed by atoms with E-state index in [0.717, 1.165) is 18.4 Å². The van der Waals surface area contributed by atoms with Crippen LogP contribution in [-0.4, -0.2) is 25.2 Å². The molecule has 1 saturated carbocycles. The smallest absolute Gasteiger partial charge is 0.189 e. The Morgan fingerprint density at radius 1 is 1.48 bits per heavy atom. The van der Waals surface area contributed by atoms with Crippen molar-refractivity contribution in [2.45, 2.75) is 37.8 Å². The number of halogens is 2. The Kier molecular flexibility index (Phi) is 5.36. The Morgan fingerprint density at radius 3 is 2.71 bits per heavy atom. The molecule has 1 aliphatic carbocycles. The highest BCUT2D eigenvalue weighted by Gasteiger charge is 2.36. The van der Waals surface area contributed by atoms with Gasteiger partial charge in [-0.25, -0.2) is 0 Å². The Labute approximate surface area is 135 Å². The third-order valence-corrected chi connectivity index (χ3v) is 4.59. The molecule has 1 aromatic rings. The highest BCUT2D eigenvalue weighted by atomic mass is 35.5. The molecule has 1 fully saturated rings. The van der Waals surface area contributed by atoms with Crippen LogP contribution < -0.4 is 11.1 Å². The Balaban J connectivity index is 1.96. The molecule has 0 aliphatic heterocycles. The number of hydrogen-bond donors (Lipinski definition) is 2. The fraction of sp³-hybridized carbons (Fsp3) is 0.533. The normalized spacial score (nSPS) is 19.0. The number of guanidine groups is 1. The molecule has 0 saturated heterocycles. The summed E-state index contributed by atoms with van der Waals surface area (Å²) in [5, 5.41) is 4.37. The second-order valence-electron chi connectivity index (χ2n) is 5.47. The van der Waals surface area contributed by atoms with Gasteiger partial charge in [0.25, 0.3) is 0 Å². The van der Waals surface area contributed by atoms with E-state index in [0.29, 0.717) is 22.5 Å². The second kappa shape index (κ2) is 6.86. The third-order valence-electron chi connectivity index (χ3n) is 4.03. The van der Waals surface area contributed by atoms with E-state index < -0.39 is 0 Å². The monoisotopic (exact) mass is 329 g/mol. The lowest BCUT2D eigenvalue weighted by Crippen LogP contribution is -2.44. The minimum atomic E-state index is -0.118. The fourth-order valence-corrected chi connectivity index (χ4v) is 3.00. The van der Waals surface area contributed by atoms with Crippen LogP contribution in [-0.2, 0) is 4.74 Å². The number of benzene rings is 1. The van der Waals surface area contributed by atoms with Crippen LogP contribution in [0.2, 0.25) is 10.0 Å². The standard InChI is InChI=1S/C15H21Cl2N3O/c1-10(12-5-4-11(16)8-13(12)17)20-14(18)19-9-15(21-2)6-3-7-15/h4-5,8,10H,3,6-7,9H2,1-2H3,(H3,18,19,20). The van der Waals surface area contributed by atoms with Crippen LogP contribution in [0.4, 0.5) is 0 Å². The third kappa shape index (κ3) is 4.02. The predicted octanol–water partition coefficient (Wildman–Crippen LogP) is 3.53. The first-order valence-corrected chi connectivity index (χ1v) is 7.78. The molecule has 1 unspecified atom stereocenters. The molecule has 116 valence electrons. The lowest BCUT2D eigenvalue weighted by molar-refractivity contribution is -0.0630. The van der Waals surface area contributed by atoms with Gasteiger partial charge >= 0.3 is 0 Å². The van der Waals surface area contributed by atoms with Gasteiger partial charge in [-0.15, -0.1) is 0 Å². The summed E-state index contributed by atoms with van der Waals surface area (Å²) in [5.41, 5.74) is 6.76. The maximum absolute atomic E-state index is 6.19. The number of aliphatic imine (C=N–C) groups is 1. The summed E-state index contributed by atoms with van der Waals surface area (Å²) in [5.74, 6) is 0.400. The first-order valence-electron chi connectivity index (χ1n) is 7.02. The number of nitrogens with two attached hydrogens (primary N) is 1. The number of rotatable bonds is 5. The molecule has 6 heteroatoms. The zero-order valence-corrected chi connectivity index (χ0v) is 13.8. The molecule has 3 N–H and O–H groups in total. The minimum absolute atomic E-state index is 0.0431. The summed E-state index contributed by atoms with van der Waals surface area (Å²) in [4.78, 5) is 4.39. The fourth-order valence-electron chi connectivity index (χ4n) is 2.43. The molecule has 0 radical (unpaired) electrons. The van der Waals surface area contributed by atoms with E-state index in [1.54, 1.807) is 13.2 Å². The van der Waals surface area contributed by atoms with E-state index in [9.17, 15) is 0 Å². The number of methoxy groups -OCH3 is 1. The molecule has 0 bridgehead atoms. The summed E-state index contributed by atoms with van der Waals surface area (Å²) in [6.45, 7) is 2.57. The number of ether oxygens (including phenoxy) is 1. The molecule has 1 aromatic carbocycles. The van der Waals surface area contributed by atoms with E-state index >= 15 is 0 Å². The van der Waals surface area contributed by atoms with Crippen molar-refractivity contribution in [3.8, 4) is 0 Å². The molecular formula is C15H21Cl2N3O. The highest BCUT2D eigenvalue weighted by Crippen LogP contribution is 2.35. The maximum Gasteiger partial charge on any atom is 0.189 e. The van der Waals surface area contributed by atoms with Gasteiger partial charge in [-0.2, -0.15) is 0 Å². The van der Waals surface area contributed by atoms with Crippen LogP contribution in [0, 0.1) is 0 Å². The zero-order valence-electron chi connectivity index (χ0n) is 12.3. The lowest BCUT2D eigenvalue weighted by Gasteiger charge is -2.39. The van der Waals surface area contributed by atoms with E-state index in [1.165, 1.54) is 6.42 Å². The molecule has 0 heterocycles. The predicted molar refractivity (Wildman–Crippen MR) is 88.1 cm³/mol. The molecule has 0 amide bonds. The van der Waals surface area contributed by atoms with E-state index in [4.69, 9.17) is 33.7 Å². The van der Waals surface area contributed by atoms with E-state index in [1.807, 2.05) is 19.1 Å². The van der Waals surface area contributed by atoms with E-state index in [-0.39, 0.29) is 11.6 Å². The Bertz CT molecular complexity index is 524. The molecule has 1 atom stereocenters. The largest absolute Gasteiger partial charge is 0.376 e. The van der Waals surface area contributed by atoms with Crippen molar-refractivity contribution in [2.75, 3.05) is 13.7 Å². The molecule has 0 spiro atoms. The van der Waals surface area contributed by atoms with Gasteiger partial charge in [-0.3, -0.25) is 4.99 Å². The number of nitrogens with zero attached hydrogens (tertiary/aromatic N) is 1. The van der Waals surface area contributed by atoms with Crippen molar-refractivity contribution in [1.82, 2.24) is 5.32 Å². The van der Waals surface area contributed by atoms with Crippen molar-refractivity contribution in [1.29, 1.82) is 0 Å². The number of hydrogen-bond acceptors (Lipinski definition) is 2. The van der Waals surface area contributed by atoms with Crippen LogP contribution >= 0.6 is 23.2 Å². The van der Waals surface area contributed by atoms with Gasteiger partial charge in [0.05, 0.1) is 18.2 Å². The van der Waals surface area contributed by atoms with Gasteiger partial charge in [0, 0.05) is 17.2 Å². The van der Waals surface area contributed by atoms with Crippen molar-refractivity contribution >= 4 is 29.2 Å². The molecule has 21 heavy (non-hydrogen) atoms. The van der Waals surface area contributed by atoms with Gasteiger partial charge in [-0.1, -0.05) is 29.3 Å². The molecular weight excluding hydrogens is 309 g/mol. The van der Waals surface area contributed by atoms with Gasteiger partial charge in [-0.05, 0) is 43.9 Å². The van der Waals surface area contributed by atoms with Crippen molar-refractivity contribution in [3.63, 3.8) is 0 Å². The van der Waals surface area contributed by atoms with Crippen LogP contribution in [0.25, 0.3) is 0 Å². The zero-order chi connectivity index (χ0) is 15.5. The Hall–Kier alpha value is -0.970. The lowest BCUT2D eigenvalue weighted by atomic mass is 9.80. The van der Waals surface area contributed by atoms with Gasteiger partial charge in [0.1, 0.15) is 0 Å². The van der Waals surface area contributed by atoms with Gasteiger partial charge in [0.2, 0.25) is 0 Å². The molecule has 4 nitrogen and oxygen atoms in total. The second-order valence-corrected chi connectivity index (χ2v) is 6.32. The minimum Gasteiger partial charge on any atom is -0.376 e. The summed E-state index contributed by atoms with van der Waals surface area (Å²) < 4.78 is 5.52. The summed E-state index contributed by atoms with van der Waals surface area (Å²) in [7, 11) is 1.73. The average Bonchev–Trinajstić information content (AvgIpc) is 2.37. The van der Waals surface area contributed by atoms with Crippen molar-refractivity contribution in [2.24, 2.45) is 10.7 Å². The molecule has 1 aliphatic rings. The maximum atomic E-state index is 6.19. The molecule has 2 rings (SSSR count). The SMILES string of the molecule is COC1(CN=C(N)NC(C)c2ccc(Cl)cc2Cl)CCC1. The first-order chi connectivity index (χ1) is 9.96.